The van der Waals surface area contributed by atoms with Crippen molar-refractivity contribution in [2.24, 2.45) is 0 Å². The second kappa shape index (κ2) is 8.33. The number of halogens is 1. The molecule has 9 nitrogen and oxygen atoms in total. The number of nitrogens with one attached hydrogen (secondary N) is 2. The van der Waals surface area contributed by atoms with E-state index < -0.39 is 21.9 Å². The van der Waals surface area contributed by atoms with Crippen LogP contribution in [0.15, 0.2) is 26.9 Å². The summed E-state index contributed by atoms with van der Waals surface area (Å²) in [5, 5.41) is 17.2. The van der Waals surface area contributed by atoms with E-state index in [9.17, 15) is 23.1 Å². The number of rotatable bonds is 6. The van der Waals surface area contributed by atoms with Gasteiger partial charge in [0.1, 0.15) is 20.5 Å². The number of hydrogen-bond donors (Lipinski definition) is 3. The minimum Gasteiger partial charge on any atom is -0.478 e. The molecule has 0 atom stereocenters. The summed E-state index contributed by atoms with van der Waals surface area (Å²) in [6, 6.07) is 2.92. The molecule has 3 aromatic rings. The van der Waals surface area contributed by atoms with Gasteiger partial charge in [0.25, 0.3) is 21.8 Å². The highest BCUT2D eigenvalue weighted by molar-refractivity contribution is 7.93. The van der Waals surface area contributed by atoms with Gasteiger partial charge < -0.3 is 14.9 Å². The minimum absolute atomic E-state index is 0.0110. The van der Waals surface area contributed by atoms with Crippen molar-refractivity contribution < 1.29 is 27.6 Å². The van der Waals surface area contributed by atoms with Crippen molar-refractivity contribution >= 4 is 56.4 Å². The van der Waals surface area contributed by atoms with E-state index in [-0.39, 0.29) is 26.2 Å². The van der Waals surface area contributed by atoms with Crippen LogP contribution in [-0.2, 0) is 10.0 Å². The molecule has 31 heavy (non-hydrogen) atoms. The standard InChI is InChI=1S/C19H18ClN3O6S2/c1-8-7-9(2)15(10(3)13(8)19(25)26)21-17(24)16-12(5-6-30-16)31(27,28)23-18-14(20)11(4)22-29-18/h5-7,23H,1-4H3,(H,21,24)(H,25,26). The van der Waals surface area contributed by atoms with Crippen molar-refractivity contribution in [2.45, 2.75) is 32.6 Å². The second-order valence-corrected chi connectivity index (χ2v) is 9.72. The molecular formula is C19H18ClN3O6S2. The molecule has 0 saturated carbocycles. The maximum atomic E-state index is 12.9. The third-order valence-corrected chi connectivity index (χ3v) is 7.43. The summed E-state index contributed by atoms with van der Waals surface area (Å²) < 4.78 is 32.7. The number of hydrogen-bond acceptors (Lipinski definition) is 7. The van der Waals surface area contributed by atoms with Gasteiger partial charge >= 0.3 is 5.97 Å². The number of nitrogens with zero attached hydrogens (tertiary/aromatic N) is 1. The predicted octanol–water partition coefficient (Wildman–Crippen LogP) is 4.37. The summed E-state index contributed by atoms with van der Waals surface area (Å²) in [6.45, 7) is 6.52. The van der Waals surface area contributed by atoms with Crippen LogP contribution in [0.25, 0.3) is 0 Å². The van der Waals surface area contributed by atoms with Crippen molar-refractivity contribution in [3.63, 3.8) is 0 Å². The first-order chi connectivity index (χ1) is 14.4. The van der Waals surface area contributed by atoms with E-state index in [0.717, 1.165) is 11.3 Å². The number of carbonyl (C=O) groups is 2. The fraction of sp³-hybridized carbons (Fsp3) is 0.211. The number of benzene rings is 1. The smallest absolute Gasteiger partial charge is 0.336 e. The minimum atomic E-state index is -4.21. The molecule has 164 valence electrons. The lowest BCUT2D eigenvalue weighted by molar-refractivity contribution is 0.0695. The Morgan fingerprint density at radius 2 is 1.87 bits per heavy atom. The molecular weight excluding hydrogens is 466 g/mol. The lowest BCUT2D eigenvalue weighted by Crippen LogP contribution is -2.19. The Balaban J connectivity index is 1.96. The Bertz CT molecular complexity index is 1310. The number of sulfonamides is 1. The Kier molecular flexibility index (Phi) is 6.12. The molecule has 0 fully saturated rings. The fourth-order valence-electron chi connectivity index (χ4n) is 3.15. The Morgan fingerprint density at radius 1 is 1.19 bits per heavy atom. The average Bonchev–Trinajstić information content (AvgIpc) is 3.28. The highest BCUT2D eigenvalue weighted by Gasteiger charge is 2.28. The third-order valence-electron chi connectivity index (χ3n) is 4.57. The molecule has 12 heteroatoms. The Labute approximate surface area is 187 Å². The number of aryl methyl sites for hydroxylation is 3. The number of carboxylic acid groups (broad SMARTS) is 1. The van der Waals surface area contributed by atoms with E-state index >= 15 is 0 Å². The van der Waals surface area contributed by atoms with Gasteiger partial charge in [-0.3, -0.25) is 4.79 Å². The van der Waals surface area contributed by atoms with E-state index in [2.05, 4.69) is 15.2 Å². The van der Waals surface area contributed by atoms with Gasteiger partial charge in [-0.2, -0.15) is 0 Å². The molecule has 1 amide bonds. The summed E-state index contributed by atoms with van der Waals surface area (Å²) >= 11 is 6.89. The van der Waals surface area contributed by atoms with Gasteiger partial charge in [0.15, 0.2) is 0 Å². The maximum absolute atomic E-state index is 12.9. The van der Waals surface area contributed by atoms with Crippen molar-refractivity contribution in [3.8, 4) is 0 Å². The lowest BCUT2D eigenvalue weighted by Gasteiger charge is -2.16. The fourth-order valence-corrected chi connectivity index (χ4v) is 5.64. The lowest BCUT2D eigenvalue weighted by atomic mass is 9.97. The first kappa shape index (κ1) is 22.8. The van der Waals surface area contributed by atoms with E-state index in [1.54, 1.807) is 33.8 Å². The highest BCUT2D eigenvalue weighted by atomic mass is 35.5. The van der Waals surface area contributed by atoms with Crippen molar-refractivity contribution in [3.05, 3.63) is 55.4 Å². The van der Waals surface area contributed by atoms with E-state index in [1.807, 2.05) is 0 Å². The molecule has 2 aromatic heterocycles. The Hall–Kier alpha value is -2.89. The van der Waals surface area contributed by atoms with Crippen LogP contribution in [0.4, 0.5) is 11.6 Å². The topological polar surface area (TPSA) is 139 Å². The first-order valence-corrected chi connectivity index (χ1v) is 11.6. The van der Waals surface area contributed by atoms with E-state index in [1.165, 1.54) is 11.4 Å². The van der Waals surface area contributed by atoms with Gasteiger partial charge in [0.2, 0.25) is 0 Å². The molecule has 0 aliphatic rings. The number of aromatic carboxylic acids is 1. The molecule has 0 aliphatic carbocycles. The number of amides is 1. The van der Waals surface area contributed by atoms with Crippen LogP contribution < -0.4 is 10.0 Å². The number of anilines is 2. The van der Waals surface area contributed by atoms with Crippen LogP contribution in [0.5, 0.6) is 0 Å². The molecule has 1 aromatic carbocycles. The van der Waals surface area contributed by atoms with Gasteiger partial charge in [-0.25, -0.2) is 17.9 Å². The van der Waals surface area contributed by atoms with Crippen molar-refractivity contribution in [2.75, 3.05) is 10.0 Å². The van der Waals surface area contributed by atoms with Crippen molar-refractivity contribution in [1.82, 2.24) is 5.16 Å². The van der Waals surface area contributed by atoms with Gasteiger partial charge in [0, 0.05) is 5.69 Å². The summed E-state index contributed by atoms with van der Waals surface area (Å²) in [5.41, 5.74) is 2.28. The number of carboxylic acids is 1. The van der Waals surface area contributed by atoms with Crippen LogP contribution in [0.2, 0.25) is 5.02 Å². The van der Waals surface area contributed by atoms with Crippen LogP contribution in [0.3, 0.4) is 0 Å². The SMILES string of the molecule is Cc1cc(C)c(C(=O)O)c(C)c1NC(=O)c1sccc1S(=O)(=O)Nc1onc(C)c1Cl. The number of carbonyl (C=O) groups excluding carboxylic acids is 1. The Morgan fingerprint density at radius 3 is 2.45 bits per heavy atom. The summed E-state index contributed by atoms with van der Waals surface area (Å²) in [5.74, 6) is -2.07. The molecule has 0 saturated heterocycles. The highest BCUT2D eigenvalue weighted by Crippen LogP contribution is 2.32. The largest absolute Gasteiger partial charge is 0.478 e. The van der Waals surface area contributed by atoms with E-state index in [0.29, 0.717) is 28.1 Å². The molecule has 3 N–H and O–H groups in total. The van der Waals surface area contributed by atoms with Gasteiger partial charge in [-0.1, -0.05) is 22.8 Å². The third kappa shape index (κ3) is 4.29. The normalized spacial score (nSPS) is 11.4. The monoisotopic (exact) mass is 483 g/mol. The van der Waals surface area contributed by atoms with Crippen LogP contribution in [-0.4, -0.2) is 30.6 Å². The first-order valence-electron chi connectivity index (χ1n) is 8.81. The molecule has 2 heterocycles. The summed E-state index contributed by atoms with van der Waals surface area (Å²) in [6.07, 6.45) is 0. The van der Waals surface area contributed by atoms with Crippen LogP contribution in [0.1, 0.15) is 42.4 Å². The zero-order valence-electron chi connectivity index (χ0n) is 16.9. The molecule has 0 bridgehead atoms. The summed E-state index contributed by atoms with van der Waals surface area (Å²) in [7, 11) is -4.21. The number of aromatic nitrogens is 1. The predicted molar refractivity (Wildman–Crippen MR) is 117 cm³/mol. The quantitative estimate of drug-likeness (QED) is 0.473. The van der Waals surface area contributed by atoms with Gasteiger partial charge in [0.05, 0.1) is 5.56 Å². The van der Waals surface area contributed by atoms with Gasteiger partial charge in [-0.15, -0.1) is 11.3 Å². The molecule has 3 rings (SSSR count). The van der Waals surface area contributed by atoms with Gasteiger partial charge in [-0.05, 0) is 55.8 Å². The molecule has 0 radical (unpaired) electrons. The number of thiophene rings is 1. The van der Waals surface area contributed by atoms with Crippen LogP contribution in [0, 0.1) is 27.7 Å². The average molecular weight is 484 g/mol. The molecule has 0 spiro atoms. The van der Waals surface area contributed by atoms with Crippen LogP contribution >= 0.6 is 22.9 Å². The maximum Gasteiger partial charge on any atom is 0.336 e. The van der Waals surface area contributed by atoms with Crippen molar-refractivity contribution in [1.29, 1.82) is 0 Å². The zero-order chi connectivity index (χ0) is 23.1. The molecule has 0 aliphatic heterocycles. The summed E-state index contributed by atoms with van der Waals surface area (Å²) in [4.78, 5) is 24.2. The van der Waals surface area contributed by atoms with E-state index in [4.69, 9.17) is 16.1 Å². The molecule has 0 unspecified atom stereocenters. The second-order valence-electron chi connectivity index (χ2n) is 6.78. The zero-order valence-corrected chi connectivity index (χ0v) is 19.3.